The zero-order valence-electron chi connectivity index (χ0n) is 8.92. The summed E-state index contributed by atoms with van der Waals surface area (Å²) < 4.78 is 0. The molecule has 0 radical (unpaired) electrons. The van der Waals surface area contributed by atoms with Crippen molar-refractivity contribution in [3.8, 4) is 0 Å². The van der Waals surface area contributed by atoms with Gasteiger partial charge in [0.2, 0.25) is 0 Å². The summed E-state index contributed by atoms with van der Waals surface area (Å²) in [5.41, 5.74) is 6.90. The highest BCUT2D eigenvalue weighted by Crippen LogP contribution is 1.98. The fraction of sp³-hybridized carbons (Fsp3) is 0.636. The Balaban J connectivity index is 1.95. The van der Waals surface area contributed by atoms with Crippen LogP contribution in [0.1, 0.15) is 18.9 Å². The zero-order chi connectivity index (χ0) is 10.2. The molecule has 0 saturated carbocycles. The molecular formula is C11H21N3. The third-order valence-corrected chi connectivity index (χ3v) is 2.47. The molecule has 1 aromatic rings. The summed E-state index contributed by atoms with van der Waals surface area (Å²) in [5.74, 6) is 0.634. The van der Waals surface area contributed by atoms with E-state index in [9.17, 15) is 0 Å². The Bertz CT molecular complexity index is 218. The molecule has 1 rings (SSSR count). The highest BCUT2D eigenvalue weighted by Gasteiger charge is 1.97. The predicted octanol–water partition coefficient (Wildman–Crippen LogP) is 1.13. The largest absolute Gasteiger partial charge is 0.367 e. The summed E-state index contributed by atoms with van der Waals surface area (Å²) in [6.45, 7) is 5.10. The van der Waals surface area contributed by atoms with E-state index < -0.39 is 0 Å². The highest BCUT2D eigenvalue weighted by atomic mass is 14.8. The average molecular weight is 195 g/mol. The van der Waals surface area contributed by atoms with E-state index in [1.807, 2.05) is 12.4 Å². The van der Waals surface area contributed by atoms with Crippen molar-refractivity contribution in [1.82, 2.24) is 10.3 Å². The van der Waals surface area contributed by atoms with E-state index >= 15 is 0 Å². The Hall–Kier alpha value is -0.800. The van der Waals surface area contributed by atoms with E-state index in [4.69, 9.17) is 5.73 Å². The summed E-state index contributed by atoms with van der Waals surface area (Å²) in [6, 6.07) is 2.12. The minimum absolute atomic E-state index is 0.634. The molecule has 3 nitrogen and oxygen atoms in total. The van der Waals surface area contributed by atoms with Crippen LogP contribution in [0.4, 0.5) is 0 Å². The van der Waals surface area contributed by atoms with Gasteiger partial charge in [-0.15, -0.1) is 0 Å². The van der Waals surface area contributed by atoms with E-state index in [0.29, 0.717) is 5.92 Å². The van der Waals surface area contributed by atoms with Gasteiger partial charge in [0.25, 0.3) is 0 Å². The topological polar surface area (TPSA) is 53.8 Å². The van der Waals surface area contributed by atoms with E-state index in [1.165, 1.54) is 12.0 Å². The third kappa shape index (κ3) is 4.44. The predicted molar refractivity (Wildman–Crippen MR) is 60.2 cm³/mol. The second-order valence-corrected chi connectivity index (χ2v) is 3.85. The molecule has 0 aliphatic carbocycles. The maximum atomic E-state index is 5.53. The van der Waals surface area contributed by atoms with Crippen LogP contribution in [0, 0.1) is 5.92 Å². The van der Waals surface area contributed by atoms with Gasteiger partial charge in [-0.05, 0) is 50.0 Å². The lowest BCUT2D eigenvalue weighted by Gasteiger charge is -2.08. The minimum Gasteiger partial charge on any atom is -0.367 e. The standard InChI is InChI=1S/C11H21N3/c1-10(8-12)2-5-13-6-3-11-4-7-14-9-11/h4,7,9-10,13-14H,2-3,5-6,8,12H2,1H3. The van der Waals surface area contributed by atoms with Crippen LogP contribution in [0.2, 0.25) is 0 Å². The Morgan fingerprint density at radius 1 is 1.50 bits per heavy atom. The summed E-state index contributed by atoms with van der Waals surface area (Å²) in [4.78, 5) is 3.05. The monoisotopic (exact) mass is 195 g/mol. The molecule has 0 fully saturated rings. The van der Waals surface area contributed by atoms with Gasteiger partial charge in [-0.3, -0.25) is 0 Å². The van der Waals surface area contributed by atoms with Gasteiger partial charge in [0.1, 0.15) is 0 Å². The second kappa shape index (κ2) is 6.62. The number of nitrogens with two attached hydrogens (primary N) is 1. The number of rotatable bonds is 7. The van der Waals surface area contributed by atoms with Crippen LogP contribution in [0.3, 0.4) is 0 Å². The van der Waals surface area contributed by atoms with Gasteiger partial charge in [-0.25, -0.2) is 0 Å². The van der Waals surface area contributed by atoms with Crippen LogP contribution in [0.15, 0.2) is 18.5 Å². The molecule has 0 amide bonds. The number of H-pyrrole nitrogens is 1. The summed E-state index contributed by atoms with van der Waals surface area (Å²) in [5, 5.41) is 3.42. The van der Waals surface area contributed by atoms with E-state index in [0.717, 1.165) is 26.1 Å². The Labute approximate surface area is 86.1 Å². The first-order valence-electron chi connectivity index (χ1n) is 5.35. The van der Waals surface area contributed by atoms with Crippen LogP contribution in [-0.4, -0.2) is 24.6 Å². The first-order chi connectivity index (χ1) is 6.83. The molecule has 3 heteroatoms. The Morgan fingerprint density at radius 2 is 2.36 bits per heavy atom. The number of hydrogen-bond acceptors (Lipinski definition) is 2. The Kier molecular flexibility index (Phi) is 5.33. The van der Waals surface area contributed by atoms with Crippen LogP contribution in [-0.2, 0) is 6.42 Å². The number of aromatic amines is 1. The van der Waals surface area contributed by atoms with Crippen LogP contribution in [0.25, 0.3) is 0 Å². The summed E-state index contributed by atoms with van der Waals surface area (Å²) in [7, 11) is 0. The van der Waals surface area contributed by atoms with Crippen molar-refractivity contribution < 1.29 is 0 Å². The van der Waals surface area contributed by atoms with Crippen molar-refractivity contribution in [3.05, 3.63) is 24.0 Å². The van der Waals surface area contributed by atoms with Crippen molar-refractivity contribution in [2.24, 2.45) is 11.7 Å². The third-order valence-electron chi connectivity index (χ3n) is 2.47. The Morgan fingerprint density at radius 3 is 3.00 bits per heavy atom. The minimum atomic E-state index is 0.634. The van der Waals surface area contributed by atoms with Gasteiger partial charge in [-0.1, -0.05) is 6.92 Å². The highest BCUT2D eigenvalue weighted by molar-refractivity contribution is 5.08. The molecule has 1 atom stereocenters. The lowest BCUT2D eigenvalue weighted by Crippen LogP contribution is -2.22. The molecule has 14 heavy (non-hydrogen) atoms. The molecule has 0 aromatic carbocycles. The molecule has 0 aliphatic heterocycles. The van der Waals surface area contributed by atoms with Crippen molar-refractivity contribution in [2.45, 2.75) is 19.8 Å². The molecule has 0 bridgehead atoms. The molecule has 4 N–H and O–H groups in total. The van der Waals surface area contributed by atoms with Gasteiger partial charge in [0.05, 0.1) is 0 Å². The van der Waals surface area contributed by atoms with Crippen molar-refractivity contribution in [2.75, 3.05) is 19.6 Å². The van der Waals surface area contributed by atoms with E-state index in [2.05, 4.69) is 23.3 Å². The van der Waals surface area contributed by atoms with Crippen molar-refractivity contribution >= 4 is 0 Å². The fourth-order valence-corrected chi connectivity index (χ4v) is 1.34. The zero-order valence-corrected chi connectivity index (χ0v) is 8.92. The maximum Gasteiger partial charge on any atom is 0.00378 e. The quantitative estimate of drug-likeness (QED) is 0.571. The van der Waals surface area contributed by atoms with Crippen molar-refractivity contribution in [3.63, 3.8) is 0 Å². The smallest absolute Gasteiger partial charge is 0.00378 e. The summed E-state index contributed by atoms with van der Waals surface area (Å²) in [6.07, 6.45) is 6.28. The lowest BCUT2D eigenvalue weighted by atomic mass is 10.1. The molecule has 1 heterocycles. The number of hydrogen-bond donors (Lipinski definition) is 3. The summed E-state index contributed by atoms with van der Waals surface area (Å²) >= 11 is 0. The van der Waals surface area contributed by atoms with Gasteiger partial charge in [0, 0.05) is 12.4 Å². The van der Waals surface area contributed by atoms with E-state index in [1.54, 1.807) is 0 Å². The molecule has 80 valence electrons. The van der Waals surface area contributed by atoms with Crippen LogP contribution < -0.4 is 11.1 Å². The maximum absolute atomic E-state index is 5.53. The van der Waals surface area contributed by atoms with Gasteiger partial charge in [0.15, 0.2) is 0 Å². The molecule has 0 aliphatic rings. The van der Waals surface area contributed by atoms with Gasteiger partial charge >= 0.3 is 0 Å². The second-order valence-electron chi connectivity index (χ2n) is 3.85. The number of nitrogens with one attached hydrogen (secondary N) is 2. The molecular weight excluding hydrogens is 174 g/mol. The first-order valence-corrected chi connectivity index (χ1v) is 5.35. The van der Waals surface area contributed by atoms with Gasteiger partial charge < -0.3 is 16.0 Å². The van der Waals surface area contributed by atoms with Crippen LogP contribution in [0.5, 0.6) is 0 Å². The van der Waals surface area contributed by atoms with E-state index in [-0.39, 0.29) is 0 Å². The molecule has 1 unspecified atom stereocenters. The van der Waals surface area contributed by atoms with Crippen LogP contribution >= 0.6 is 0 Å². The lowest BCUT2D eigenvalue weighted by molar-refractivity contribution is 0.511. The van der Waals surface area contributed by atoms with Crippen molar-refractivity contribution in [1.29, 1.82) is 0 Å². The van der Waals surface area contributed by atoms with Gasteiger partial charge in [-0.2, -0.15) is 0 Å². The molecule has 1 aromatic heterocycles. The average Bonchev–Trinajstić information content (AvgIpc) is 2.69. The SMILES string of the molecule is CC(CN)CCNCCc1cc[nH]c1. The number of aromatic nitrogens is 1. The fourth-order valence-electron chi connectivity index (χ4n) is 1.34. The normalized spacial score (nSPS) is 13.0. The molecule has 0 spiro atoms. The first kappa shape index (κ1) is 11.3. The molecule has 0 saturated heterocycles.